The molecule has 1 aromatic heterocycles. The van der Waals surface area contributed by atoms with Crippen molar-refractivity contribution in [3.8, 4) is 22.9 Å². The first-order valence-corrected chi connectivity index (χ1v) is 9.54. The van der Waals surface area contributed by atoms with Crippen LogP contribution in [0.3, 0.4) is 0 Å². The molecule has 1 N–H and O–H groups in total. The lowest BCUT2D eigenvalue weighted by molar-refractivity contribution is 0.102. The Balaban J connectivity index is 1.51. The van der Waals surface area contributed by atoms with Crippen LogP contribution in [0, 0.1) is 6.92 Å². The molecular formula is C24H21N3O2. The quantitative estimate of drug-likeness (QED) is 0.492. The van der Waals surface area contributed by atoms with E-state index in [1.54, 1.807) is 12.1 Å². The van der Waals surface area contributed by atoms with E-state index in [2.05, 4.69) is 22.4 Å². The maximum Gasteiger partial charge on any atom is 0.255 e. The van der Waals surface area contributed by atoms with Crippen molar-refractivity contribution in [3.63, 3.8) is 0 Å². The fraction of sp³-hybridized carbons (Fsp3) is 0.125. The molecule has 0 bridgehead atoms. The van der Waals surface area contributed by atoms with Crippen LogP contribution in [0.15, 0.2) is 77.2 Å². The number of carbonyl (C=O) groups excluding carboxylic acids is 1. The van der Waals surface area contributed by atoms with Gasteiger partial charge in [0.15, 0.2) is 0 Å². The smallest absolute Gasteiger partial charge is 0.255 e. The number of nitrogens with zero attached hydrogens (tertiary/aromatic N) is 2. The van der Waals surface area contributed by atoms with Gasteiger partial charge in [0, 0.05) is 22.4 Å². The van der Waals surface area contributed by atoms with E-state index in [0.717, 1.165) is 28.8 Å². The summed E-state index contributed by atoms with van der Waals surface area (Å²) in [4.78, 5) is 12.6. The molecule has 29 heavy (non-hydrogen) atoms. The highest BCUT2D eigenvalue weighted by Crippen LogP contribution is 2.25. The first-order chi connectivity index (χ1) is 14.1. The molecule has 144 valence electrons. The lowest BCUT2D eigenvalue weighted by Gasteiger charge is -2.09. The molecule has 5 nitrogen and oxygen atoms in total. The largest absolute Gasteiger partial charge is 0.416 e. The van der Waals surface area contributed by atoms with Crippen molar-refractivity contribution in [2.24, 2.45) is 0 Å². The molecule has 0 atom stereocenters. The van der Waals surface area contributed by atoms with Crippen molar-refractivity contribution in [2.45, 2.75) is 20.3 Å². The van der Waals surface area contributed by atoms with E-state index in [0.29, 0.717) is 17.3 Å². The van der Waals surface area contributed by atoms with Gasteiger partial charge in [-0.3, -0.25) is 4.79 Å². The summed E-state index contributed by atoms with van der Waals surface area (Å²) in [6, 6.07) is 22.9. The van der Waals surface area contributed by atoms with Crippen LogP contribution in [0.1, 0.15) is 28.4 Å². The Morgan fingerprint density at radius 3 is 2.07 bits per heavy atom. The Morgan fingerprint density at radius 2 is 1.45 bits per heavy atom. The Hall–Kier alpha value is -3.73. The Morgan fingerprint density at radius 1 is 0.862 bits per heavy atom. The van der Waals surface area contributed by atoms with Crippen molar-refractivity contribution < 1.29 is 9.21 Å². The lowest BCUT2D eigenvalue weighted by Crippen LogP contribution is -2.13. The molecule has 0 aliphatic heterocycles. The van der Waals surface area contributed by atoms with E-state index < -0.39 is 0 Å². The molecule has 1 heterocycles. The fourth-order valence-corrected chi connectivity index (χ4v) is 3.06. The van der Waals surface area contributed by atoms with Gasteiger partial charge in [-0.15, -0.1) is 10.2 Å². The maximum atomic E-state index is 12.6. The average molecular weight is 383 g/mol. The summed E-state index contributed by atoms with van der Waals surface area (Å²) in [5, 5.41) is 11.2. The highest BCUT2D eigenvalue weighted by Gasteiger charge is 2.12. The van der Waals surface area contributed by atoms with E-state index >= 15 is 0 Å². The second-order valence-corrected chi connectivity index (χ2v) is 6.82. The third-order valence-electron chi connectivity index (χ3n) is 4.76. The van der Waals surface area contributed by atoms with Crippen LogP contribution in [0.25, 0.3) is 22.9 Å². The van der Waals surface area contributed by atoms with Crippen LogP contribution >= 0.6 is 0 Å². The second kappa shape index (κ2) is 8.10. The number of aromatic nitrogens is 2. The zero-order valence-corrected chi connectivity index (χ0v) is 16.3. The van der Waals surface area contributed by atoms with Crippen LogP contribution in [-0.4, -0.2) is 16.1 Å². The van der Waals surface area contributed by atoms with Crippen LogP contribution in [0.5, 0.6) is 0 Å². The van der Waals surface area contributed by atoms with Gasteiger partial charge < -0.3 is 9.73 Å². The zero-order valence-electron chi connectivity index (χ0n) is 16.3. The molecule has 5 heteroatoms. The first kappa shape index (κ1) is 18.6. The molecular weight excluding hydrogens is 362 g/mol. The van der Waals surface area contributed by atoms with Crippen LogP contribution in [-0.2, 0) is 6.42 Å². The number of rotatable bonds is 5. The van der Waals surface area contributed by atoms with Crippen molar-refractivity contribution in [2.75, 3.05) is 5.32 Å². The normalized spacial score (nSPS) is 10.7. The minimum absolute atomic E-state index is 0.150. The van der Waals surface area contributed by atoms with Gasteiger partial charge in [0.05, 0.1) is 0 Å². The summed E-state index contributed by atoms with van der Waals surface area (Å²) in [5.41, 5.74) is 5.32. The molecule has 0 saturated heterocycles. The SMILES string of the molecule is CCc1ccccc1NC(=O)c1ccc(-c2nnc(-c3ccc(C)cc3)o2)cc1. The van der Waals surface area contributed by atoms with Crippen LogP contribution in [0.4, 0.5) is 5.69 Å². The number of hydrogen-bond donors (Lipinski definition) is 1. The van der Waals surface area contributed by atoms with Gasteiger partial charge in [-0.1, -0.05) is 42.8 Å². The summed E-state index contributed by atoms with van der Waals surface area (Å²) in [5.74, 6) is 0.741. The zero-order chi connectivity index (χ0) is 20.2. The summed E-state index contributed by atoms with van der Waals surface area (Å²) in [6.45, 7) is 4.09. The number of anilines is 1. The maximum absolute atomic E-state index is 12.6. The first-order valence-electron chi connectivity index (χ1n) is 9.54. The van der Waals surface area contributed by atoms with Gasteiger partial charge in [0.1, 0.15) is 0 Å². The van der Waals surface area contributed by atoms with Crippen molar-refractivity contribution in [1.29, 1.82) is 0 Å². The Bertz CT molecular complexity index is 1130. The highest BCUT2D eigenvalue weighted by atomic mass is 16.4. The minimum atomic E-state index is -0.150. The number of nitrogens with one attached hydrogen (secondary N) is 1. The number of hydrogen-bond acceptors (Lipinski definition) is 4. The fourth-order valence-electron chi connectivity index (χ4n) is 3.06. The van der Waals surface area contributed by atoms with Gasteiger partial charge in [0.25, 0.3) is 5.91 Å². The van der Waals surface area contributed by atoms with Crippen molar-refractivity contribution in [3.05, 3.63) is 89.5 Å². The van der Waals surface area contributed by atoms with Crippen molar-refractivity contribution >= 4 is 11.6 Å². The van der Waals surface area contributed by atoms with Gasteiger partial charge in [-0.05, 0) is 61.4 Å². The third-order valence-corrected chi connectivity index (χ3v) is 4.76. The number of amides is 1. The molecule has 0 fully saturated rings. The Kier molecular flexibility index (Phi) is 5.20. The predicted octanol–water partition coefficient (Wildman–Crippen LogP) is 5.53. The average Bonchev–Trinajstić information content (AvgIpc) is 3.25. The number of para-hydroxylation sites is 1. The highest BCUT2D eigenvalue weighted by molar-refractivity contribution is 6.04. The predicted molar refractivity (Wildman–Crippen MR) is 114 cm³/mol. The van der Waals surface area contributed by atoms with E-state index in [4.69, 9.17) is 4.42 Å². The molecule has 0 radical (unpaired) electrons. The second-order valence-electron chi connectivity index (χ2n) is 6.82. The van der Waals surface area contributed by atoms with E-state index in [-0.39, 0.29) is 5.91 Å². The van der Waals surface area contributed by atoms with Gasteiger partial charge in [-0.2, -0.15) is 0 Å². The van der Waals surface area contributed by atoms with Gasteiger partial charge in [-0.25, -0.2) is 0 Å². The Labute approximate surface area is 169 Å². The number of benzene rings is 3. The van der Waals surface area contributed by atoms with Crippen LogP contribution in [0.2, 0.25) is 0 Å². The monoisotopic (exact) mass is 383 g/mol. The standard InChI is InChI=1S/C24H21N3O2/c1-3-17-6-4-5-7-21(17)25-22(28)18-12-14-20(15-13-18)24-27-26-23(29-24)19-10-8-16(2)9-11-19/h4-15H,3H2,1-2H3,(H,25,28). The van der Waals surface area contributed by atoms with Crippen LogP contribution < -0.4 is 5.32 Å². The summed E-state index contributed by atoms with van der Waals surface area (Å²) < 4.78 is 5.80. The molecule has 0 saturated carbocycles. The molecule has 1 amide bonds. The van der Waals surface area contributed by atoms with E-state index in [1.165, 1.54) is 5.56 Å². The molecule has 0 aliphatic rings. The van der Waals surface area contributed by atoms with Gasteiger partial charge >= 0.3 is 0 Å². The molecule has 4 rings (SSSR count). The number of carbonyl (C=O) groups is 1. The molecule has 0 unspecified atom stereocenters. The van der Waals surface area contributed by atoms with Crippen molar-refractivity contribution in [1.82, 2.24) is 10.2 Å². The van der Waals surface area contributed by atoms with E-state index in [1.807, 2.05) is 67.6 Å². The molecule has 4 aromatic rings. The minimum Gasteiger partial charge on any atom is -0.416 e. The third kappa shape index (κ3) is 4.09. The summed E-state index contributed by atoms with van der Waals surface area (Å²) in [7, 11) is 0. The summed E-state index contributed by atoms with van der Waals surface area (Å²) in [6.07, 6.45) is 0.857. The lowest BCUT2D eigenvalue weighted by atomic mass is 10.1. The topological polar surface area (TPSA) is 68.0 Å². The molecule has 0 spiro atoms. The number of aryl methyl sites for hydroxylation is 2. The molecule has 3 aromatic carbocycles. The summed E-state index contributed by atoms with van der Waals surface area (Å²) >= 11 is 0. The van der Waals surface area contributed by atoms with E-state index in [9.17, 15) is 4.79 Å². The van der Waals surface area contributed by atoms with Gasteiger partial charge in [0.2, 0.25) is 11.8 Å². The molecule has 0 aliphatic carbocycles.